The van der Waals surface area contributed by atoms with Gasteiger partial charge in [0.2, 0.25) is 11.6 Å². The van der Waals surface area contributed by atoms with E-state index in [1.165, 1.54) is 76.2 Å². The molecule has 0 aliphatic carbocycles. The van der Waals surface area contributed by atoms with Crippen LogP contribution in [-0.2, 0) is 31.2 Å². The van der Waals surface area contributed by atoms with Crippen molar-refractivity contribution in [2.45, 2.75) is 75.8 Å². The van der Waals surface area contributed by atoms with E-state index in [1.807, 2.05) is 0 Å². The summed E-state index contributed by atoms with van der Waals surface area (Å²) in [6.45, 7) is 9.92. The summed E-state index contributed by atoms with van der Waals surface area (Å²) in [7, 11) is -1.93. The zero-order valence-electron chi connectivity index (χ0n) is 41.1. The first-order valence-electron chi connectivity index (χ1n) is 22.1. The van der Waals surface area contributed by atoms with Crippen LogP contribution in [0.15, 0.2) is 94.3 Å². The monoisotopic (exact) mass is 1030 g/mol. The van der Waals surface area contributed by atoms with Gasteiger partial charge >= 0.3 is 0 Å². The normalized spacial score (nSPS) is 13.4. The Balaban J connectivity index is 0.000000211. The zero-order chi connectivity index (χ0) is 52.1. The third kappa shape index (κ3) is 11.0. The molecule has 6 aromatic heterocycles. The number of methoxy groups -OCH3 is 4. The molecule has 0 saturated carbocycles. The average molecular weight is 1030 g/mol. The van der Waals surface area contributed by atoms with Crippen molar-refractivity contribution in [3.8, 4) is 57.5 Å². The van der Waals surface area contributed by atoms with Crippen LogP contribution in [0.3, 0.4) is 0 Å². The van der Waals surface area contributed by atoms with E-state index in [9.17, 15) is 27.0 Å². The first-order valence-corrected chi connectivity index (χ1v) is 25.6. The molecule has 0 saturated heterocycles. The molecule has 0 bridgehead atoms. The van der Waals surface area contributed by atoms with E-state index in [1.54, 1.807) is 88.4 Å². The van der Waals surface area contributed by atoms with Crippen LogP contribution in [-0.4, -0.2) is 115 Å². The van der Waals surface area contributed by atoms with Crippen LogP contribution in [0.25, 0.3) is 34.5 Å². The molecule has 0 aliphatic rings. The topological polar surface area (TPSA) is 285 Å². The molecule has 22 nitrogen and oxygen atoms in total. The molecule has 2 aromatic carbocycles. The Hall–Kier alpha value is -7.54. The molecule has 380 valence electrons. The second kappa shape index (κ2) is 21.8. The van der Waals surface area contributed by atoms with Gasteiger partial charge in [0.1, 0.15) is 69.6 Å². The summed E-state index contributed by atoms with van der Waals surface area (Å²) in [5, 5.41) is 36.0. The highest BCUT2D eigenvalue weighted by atomic mass is 32.2. The number of ether oxygens (including phenoxy) is 4. The van der Waals surface area contributed by atoms with E-state index in [-0.39, 0.29) is 34.7 Å². The van der Waals surface area contributed by atoms with Crippen molar-refractivity contribution < 1.29 is 54.8 Å². The minimum absolute atomic E-state index is 0.0934. The van der Waals surface area contributed by atoms with Gasteiger partial charge in [-0.1, -0.05) is 12.1 Å². The van der Waals surface area contributed by atoms with Gasteiger partial charge in [0.25, 0.3) is 0 Å². The molecule has 4 atom stereocenters. The highest BCUT2D eigenvalue weighted by molar-refractivity contribution is 7.91. The van der Waals surface area contributed by atoms with Gasteiger partial charge in [0.15, 0.2) is 42.8 Å². The predicted octanol–water partition coefficient (Wildman–Crippen LogP) is 5.98. The number of aliphatic hydroxyl groups excluding tert-OH is 2. The predicted molar refractivity (Wildman–Crippen MR) is 261 cm³/mol. The quantitative estimate of drug-likeness (QED) is 0.1000. The molecular weight excluding hydrogens is 973 g/mol. The van der Waals surface area contributed by atoms with Crippen LogP contribution in [0.4, 0.5) is 0 Å². The van der Waals surface area contributed by atoms with Crippen molar-refractivity contribution in [1.82, 2.24) is 49.5 Å². The number of aliphatic hydroxyl groups is 2. The maximum Gasteiger partial charge on any atom is 0.204 e. The summed E-state index contributed by atoms with van der Waals surface area (Å²) >= 11 is 0. The number of para-hydroxylation sites is 2. The Morgan fingerprint density at radius 3 is 1.14 bits per heavy atom. The summed E-state index contributed by atoms with van der Waals surface area (Å²) in [6, 6.07) is 17.4. The van der Waals surface area contributed by atoms with Gasteiger partial charge in [-0.2, -0.15) is 0 Å². The fourth-order valence-electron chi connectivity index (χ4n) is 7.43. The third-order valence-electron chi connectivity index (χ3n) is 11.5. The van der Waals surface area contributed by atoms with Gasteiger partial charge in [-0.15, -0.1) is 20.4 Å². The number of nitrogens with zero attached hydrogens (tertiary/aromatic N) is 10. The Bertz CT molecular complexity index is 3100. The minimum Gasteiger partial charge on any atom is -0.494 e. The lowest BCUT2D eigenvalue weighted by atomic mass is 10.2. The molecule has 8 aromatic rings. The molecule has 8 rings (SSSR count). The minimum atomic E-state index is -3.96. The molecule has 6 heterocycles. The van der Waals surface area contributed by atoms with E-state index < -0.39 is 53.9 Å². The summed E-state index contributed by atoms with van der Waals surface area (Å²) in [4.78, 5) is 16.4. The lowest BCUT2D eigenvalue weighted by Crippen LogP contribution is -2.28. The SMILES string of the molecule is COc1cccc(OC)c1-n1c(CS(=O)(=O)[C@@H](C)[C@H](O)c2cnc(C)cn2)nnc1-c1ccc(C)o1.COc1cccc(OC)c1-n1c(CS(=O)(=O)[C@H](C)[C@@H](O)c2cnc(C)cn2)nnc1-c1ccc(C)o1. The van der Waals surface area contributed by atoms with Crippen LogP contribution in [0.2, 0.25) is 0 Å². The van der Waals surface area contributed by atoms with Gasteiger partial charge in [0, 0.05) is 12.4 Å². The van der Waals surface area contributed by atoms with Crippen LogP contribution < -0.4 is 18.9 Å². The lowest BCUT2D eigenvalue weighted by molar-refractivity contribution is 0.170. The van der Waals surface area contributed by atoms with Gasteiger partial charge in [-0.3, -0.25) is 29.1 Å². The van der Waals surface area contributed by atoms with Crippen LogP contribution >= 0.6 is 0 Å². The largest absolute Gasteiger partial charge is 0.494 e. The van der Waals surface area contributed by atoms with Gasteiger partial charge in [-0.05, 0) is 90.1 Å². The second-order valence-electron chi connectivity index (χ2n) is 16.5. The van der Waals surface area contributed by atoms with Crippen molar-refractivity contribution in [2.24, 2.45) is 0 Å². The number of furan rings is 2. The summed E-state index contributed by atoms with van der Waals surface area (Å²) in [5.41, 5.74) is 2.47. The zero-order valence-corrected chi connectivity index (χ0v) is 42.7. The van der Waals surface area contributed by atoms with Crippen LogP contribution in [0.5, 0.6) is 23.0 Å². The molecule has 0 spiro atoms. The van der Waals surface area contributed by atoms with Crippen molar-refractivity contribution in [1.29, 1.82) is 0 Å². The summed E-state index contributed by atoms with van der Waals surface area (Å²) in [6.07, 6.45) is 2.91. The fourth-order valence-corrected chi connectivity index (χ4v) is 10.1. The maximum atomic E-state index is 13.4. The van der Waals surface area contributed by atoms with E-state index in [2.05, 4.69) is 40.3 Å². The van der Waals surface area contributed by atoms with Crippen molar-refractivity contribution in [3.63, 3.8) is 0 Å². The van der Waals surface area contributed by atoms with E-state index in [4.69, 9.17) is 27.8 Å². The molecule has 2 N–H and O–H groups in total. The smallest absolute Gasteiger partial charge is 0.204 e. The van der Waals surface area contributed by atoms with Crippen LogP contribution in [0, 0.1) is 27.7 Å². The Labute approximate surface area is 415 Å². The number of aromatic nitrogens is 10. The second-order valence-corrected chi connectivity index (χ2v) is 21.2. The fraction of sp³-hybridized carbons (Fsp3) is 0.333. The Morgan fingerprint density at radius 2 is 0.861 bits per heavy atom. The molecule has 0 fully saturated rings. The number of benzene rings is 2. The molecule has 0 amide bonds. The molecule has 0 radical (unpaired) electrons. The summed E-state index contributed by atoms with van der Waals surface area (Å²) < 4.78 is 90.6. The maximum absolute atomic E-state index is 13.4. The third-order valence-corrected chi connectivity index (χ3v) is 15.6. The Morgan fingerprint density at radius 1 is 0.514 bits per heavy atom. The van der Waals surface area contributed by atoms with E-state index in [0.29, 0.717) is 68.8 Å². The standard InChI is InChI=1S/2C24H27N5O6S/c2*1-14-11-26-17(12-25-14)23(30)16(3)36(31,32)13-21-27-28-24(20-10-9-15(2)35-20)29(21)22-18(33-4)7-6-8-19(22)34-5/h2*6-12,16,23,30H,13H2,1-5H3/t2*16-,23-/m10/s1. The number of rotatable bonds is 18. The Kier molecular flexibility index (Phi) is 15.9. The highest BCUT2D eigenvalue weighted by Gasteiger charge is 2.36. The highest BCUT2D eigenvalue weighted by Crippen LogP contribution is 2.39. The molecule has 0 unspecified atom stereocenters. The molecule has 0 aliphatic heterocycles. The lowest BCUT2D eigenvalue weighted by Gasteiger charge is -2.20. The number of aryl methyl sites for hydroxylation is 4. The molecule has 24 heteroatoms. The van der Waals surface area contributed by atoms with Gasteiger partial charge < -0.3 is 38.0 Å². The number of sulfone groups is 2. The number of hydrogen-bond donors (Lipinski definition) is 2. The van der Waals surface area contributed by atoms with Crippen molar-refractivity contribution in [3.05, 3.63) is 131 Å². The van der Waals surface area contributed by atoms with Crippen LogP contribution in [0.1, 0.15) is 72.0 Å². The number of hydrogen-bond acceptors (Lipinski definition) is 20. The van der Waals surface area contributed by atoms with E-state index >= 15 is 0 Å². The van der Waals surface area contributed by atoms with Crippen molar-refractivity contribution in [2.75, 3.05) is 28.4 Å². The average Bonchev–Trinajstić information content (AvgIpc) is 4.20. The molecular formula is C48H54N10O12S2. The summed E-state index contributed by atoms with van der Waals surface area (Å²) in [5.74, 6) is 3.42. The first-order chi connectivity index (χ1) is 34.3. The van der Waals surface area contributed by atoms with Gasteiger partial charge in [-0.25, -0.2) is 16.8 Å². The van der Waals surface area contributed by atoms with Crippen molar-refractivity contribution >= 4 is 19.7 Å². The van der Waals surface area contributed by atoms with Gasteiger partial charge in [0.05, 0.1) is 74.1 Å². The first kappa shape index (κ1) is 52.3. The van der Waals surface area contributed by atoms with E-state index in [0.717, 1.165) is 0 Å². The molecule has 72 heavy (non-hydrogen) atoms.